The average Bonchev–Trinajstić information content (AvgIpc) is 2.38. The van der Waals surface area contributed by atoms with Crippen molar-refractivity contribution in [3.8, 4) is 0 Å². The number of rotatable bonds is 11. The van der Waals surface area contributed by atoms with Gasteiger partial charge < -0.3 is 18.5 Å². The quantitative estimate of drug-likeness (QED) is 0.428. The van der Waals surface area contributed by atoms with Crippen LogP contribution >= 0.6 is 7.51 Å². The van der Waals surface area contributed by atoms with E-state index in [0.29, 0.717) is 33.0 Å². The summed E-state index contributed by atoms with van der Waals surface area (Å²) in [5, 5.41) is 0. The lowest BCUT2D eigenvalue weighted by Crippen LogP contribution is -2.14. The van der Waals surface area contributed by atoms with Gasteiger partial charge >= 0.3 is 0 Å². The van der Waals surface area contributed by atoms with Crippen molar-refractivity contribution in [1.82, 2.24) is 0 Å². The normalized spacial score (nSPS) is 15.1. The van der Waals surface area contributed by atoms with Crippen LogP contribution in [0.3, 0.4) is 0 Å². The van der Waals surface area contributed by atoms with Gasteiger partial charge in [0.05, 0.1) is 38.6 Å². The van der Waals surface area contributed by atoms with E-state index in [1.54, 1.807) is 7.11 Å². The molecule has 5 nitrogen and oxygen atoms in total. The van der Waals surface area contributed by atoms with Crippen LogP contribution in [-0.2, 0) is 18.5 Å². The van der Waals surface area contributed by atoms with Crippen LogP contribution in [0.1, 0.15) is 41.0 Å². The zero-order chi connectivity index (χ0) is 15.5. The number of nitrogens with zero attached hydrogens (tertiary/aromatic N) is 1. The molecule has 0 aromatic carbocycles. The SMILES string of the molecule is CCCOP(CC)(=NC(C)(C)C)OCCOCCOC. The van der Waals surface area contributed by atoms with Crippen LogP contribution < -0.4 is 0 Å². The van der Waals surface area contributed by atoms with Crippen molar-refractivity contribution in [2.75, 3.05) is 46.3 Å². The predicted molar refractivity (Wildman–Crippen MR) is 84.5 cm³/mol. The first-order valence-corrected chi connectivity index (χ1v) is 9.13. The highest BCUT2D eigenvalue weighted by Gasteiger charge is 2.23. The molecule has 0 aromatic rings. The molecule has 122 valence electrons. The fourth-order valence-electron chi connectivity index (χ4n) is 1.52. The van der Waals surface area contributed by atoms with Gasteiger partial charge in [-0.25, -0.2) is 4.74 Å². The Balaban J connectivity index is 4.49. The first-order chi connectivity index (χ1) is 9.39. The van der Waals surface area contributed by atoms with Gasteiger partial charge in [0, 0.05) is 13.3 Å². The van der Waals surface area contributed by atoms with E-state index in [1.165, 1.54) is 0 Å². The molecule has 0 rings (SSSR count). The minimum Gasteiger partial charge on any atom is -0.382 e. The first-order valence-electron chi connectivity index (χ1n) is 7.37. The Labute approximate surface area is 124 Å². The highest BCUT2D eigenvalue weighted by atomic mass is 31.2. The molecule has 0 heterocycles. The molecule has 0 saturated heterocycles. The Hall–Kier alpha value is 0.0700. The van der Waals surface area contributed by atoms with E-state index in [-0.39, 0.29) is 5.54 Å². The van der Waals surface area contributed by atoms with Crippen LogP contribution in [0.25, 0.3) is 0 Å². The zero-order valence-corrected chi connectivity index (χ0v) is 14.9. The van der Waals surface area contributed by atoms with Crippen LogP contribution in [0.4, 0.5) is 0 Å². The molecule has 0 aliphatic heterocycles. The van der Waals surface area contributed by atoms with Gasteiger partial charge in [0.25, 0.3) is 0 Å². The second-order valence-corrected chi connectivity index (χ2v) is 8.12. The maximum atomic E-state index is 5.99. The number of ether oxygens (including phenoxy) is 2. The van der Waals surface area contributed by atoms with Crippen molar-refractivity contribution in [1.29, 1.82) is 0 Å². The molecule has 20 heavy (non-hydrogen) atoms. The molecule has 1 unspecified atom stereocenters. The third-order valence-electron chi connectivity index (χ3n) is 2.30. The molecule has 0 fully saturated rings. The molecule has 0 aliphatic carbocycles. The molecule has 0 amide bonds. The molecule has 0 aromatic heterocycles. The minimum atomic E-state index is -2.16. The van der Waals surface area contributed by atoms with Crippen LogP contribution in [0.5, 0.6) is 0 Å². The molecule has 0 saturated carbocycles. The van der Waals surface area contributed by atoms with E-state index in [4.69, 9.17) is 23.3 Å². The van der Waals surface area contributed by atoms with Gasteiger partial charge in [-0.2, -0.15) is 0 Å². The second kappa shape index (κ2) is 10.7. The Kier molecular flexibility index (Phi) is 10.8. The van der Waals surface area contributed by atoms with Crippen molar-refractivity contribution < 1.29 is 18.5 Å². The summed E-state index contributed by atoms with van der Waals surface area (Å²) in [6, 6.07) is 0. The van der Waals surface area contributed by atoms with Gasteiger partial charge in [0.2, 0.25) is 7.51 Å². The van der Waals surface area contributed by atoms with Gasteiger partial charge in [0.1, 0.15) is 0 Å². The van der Waals surface area contributed by atoms with Crippen LogP contribution in [-0.4, -0.2) is 51.8 Å². The minimum absolute atomic E-state index is 0.158. The predicted octanol–water partition coefficient (Wildman–Crippen LogP) is 3.94. The van der Waals surface area contributed by atoms with E-state index in [9.17, 15) is 0 Å². The largest absolute Gasteiger partial charge is 0.382 e. The van der Waals surface area contributed by atoms with Crippen molar-refractivity contribution in [2.45, 2.75) is 46.6 Å². The lowest BCUT2D eigenvalue weighted by molar-refractivity contribution is 0.0527. The summed E-state index contributed by atoms with van der Waals surface area (Å²) in [7, 11) is -0.496. The summed E-state index contributed by atoms with van der Waals surface area (Å²) < 4.78 is 27.1. The molecular formula is C14H32NO4P. The van der Waals surface area contributed by atoms with Gasteiger partial charge in [-0.3, -0.25) is 0 Å². The van der Waals surface area contributed by atoms with Crippen molar-refractivity contribution in [2.24, 2.45) is 4.74 Å². The summed E-state index contributed by atoms with van der Waals surface area (Å²) in [4.78, 5) is 0. The number of methoxy groups -OCH3 is 1. The third kappa shape index (κ3) is 9.89. The fourth-order valence-corrected chi connectivity index (χ4v) is 3.96. The highest BCUT2D eigenvalue weighted by Crippen LogP contribution is 2.53. The Morgan fingerprint density at radius 2 is 1.50 bits per heavy atom. The van der Waals surface area contributed by atoms with Gasteiger partial charge in [-0.05, 0) is 27.2 Å². The smallest absolute Gasteiger partial charge is 0.212 e. The lowest BCUT2D eigenvalue weighted by Gasteiger charge is -2.27. The number of hydrogen-bond donors (Lipinski definition) is 0. The Bertz CT molecular complexity index is 289. The Morgan fingerprint density at radius 3 is 2.00 bits per heavy atom. The van der Waals surface area contributed by atoms with E-state index >= 15 is 0 Å². The van der Waals surface area contributed by atoms with E-state index < -0.39 is 7.51 Å². The summed E-state index contributed by atoms with van der Waals surface area (Å²) in [6.07, 6.45) is 1.76. The Morgan fingerprint density at radius 1 is 0.900 bits per heavy atom. The van der Waals surface area contributed by atoms with Crippen molar-refractivity contribution in [3.05, 3.63) is 0 Å². The molecular weight excluding hydrogens is 277 g/mol. The van der Waals surface area contributed by atoms with E-state index in [2.05, 4.69) is 34.6 Å². The molecule has 0 radical (unpaired) electrons. The summed E-state index contributed by atoms with van der Waals surface area (Å²) in [5.74, 6) is 0. The van der Waals surface area contributed by atoms with Gasteiger partial charge in [-0.1, -0.05) is 13.8 Å². The molecule has 0 spiro atoms. The van der Waals surface area contributed by atoms with Gasteiger partial charge in [0.15, 0.2) is 0 Å². The molecule has 6 heteroatoms. The fraction of sp³-hybridized carbons (Fsp3) is 1.00. The molecule has 1 atom stereocenters. The average molecular weight is 309 g/mol. The van der Waals surface area contributed by atoms with Crippen molar-refractivity contribution in [3.63, 3.8) is 0 Å². The van der Waals surface area contributed by atoms with E-state index in [0.717, 1.165) is 12.6 Å². The highest BCUT2D eigenvalue weighted by molar-refractivity contribution is 7.56. The summed E-state index contributed by atoms with van der Waals surface area (Å²) in [5.41, 5.74) is -0.158. The second-order valence-electron chi connectivity index (χ2n) is 5.50. The summed E-state index contributed by atoms with van der Waals surface area (Å²) in [6.45, 7) is 13.3. The van der Waals surface area contributed by atoms with Crippen LogP contribution in [0.15, 0.2) is 4.74 Å². The first kappa shape index (κ1) is 20.1. The molecule has 0 N–H and O–H groups in total. The maximum absolute atomic E-state index is 5.99. The zero-order valence-electron chi connectivity index (χ0n) is 14.0. The lowest BCUT2D eigenvalue weighted by atomic mass is 10.1. The maximum Gasteiger partial charge on any atom is 0.212 e. The topological polar surface area (TPSA) is 49.3 Å². The standard InChI is InChI=1S/C14H32NO4P/c1-7-9-18-20(8-2,15-14(3,4)5)19-13-12-17-11-10-16-6/h7-13H2,1-6H3. The molecule has 0 bridgehead atoms. The van der Waals surface area contributed by atoms with Gasteiger partial charge in [-0.15, -0.1) is 0 Å². The molecule has 0 aliphatic rings. The third-order valence-corrected chi connectivity index (χ3v) is 5.18. The van der Waals surface area contributed by atoms with E-state index in [1.807, 2.05) is 0 Å². The number of hydrogen-bond acceptors (Lipinski definition) is 5. The van der Waals surface area contributed by atoms with Crippen molar-refractivity contribution >= 4 is 7.51 Å². The van der Waals surface area contributed by atoms with Crippen LogP contribution in [0.2, 0.25) is 0 Å². The monoisotopic (exact) mass is 309 g/mol. The van der Waals surface area contributed by atoms with Crippen LogP contribution in [0, 0.1) is 0 Å². The summed E-state index contributed by atoms with van der Waals surface area (Å²) >= 11 is 0.